The SMILES string of the molecule is Clc1nc2cc(Cl)c3oc4ccccc4c3c2s1. The van der Waals surface area contributed by atoms with E-state index in [1.807, 2.05) is 24.3 Å². The Labute approximate surface area is 116 Å². The van der Waals surface area contributed by atoms with Crippen molar-refractivity contribution in [3.63, 3.8) is 0 Å². The molecule has 0 aliphatic rings. The largest absolute Gasteiger partial charge is 0.454 e. The third-order valence-corrected chi connectivity index (χ3v) is 4.40. The fourth-order valence-electron chi connectivity index (χ4n) is 2.21. The molecule has 2 heterocycles. The summed E-state index contributed by atoms with van der Waals surface area (Å²) in [6, 6.07) is 9.66. The molecule has 0 N–H and O–H groups in total. The minimum absolute atomic E-state index is 0.513. The second-order valence-corrected chi connectivity index (χ2v) is 5.96. The van der Waals surface area contributed by atoms with Gasteiger partial charge >= 0.3 is 0 Å². The van der Waals surface area contributed by atoms with Gasteiger partial charge in [-0.3, -0.25) is 0 Å². The molecular weight excluding hydrogens is 289 g/mol. The zero-order chi connectivity index (χ0) is 12.3. The van der Waals surface area contributed by atoms with E-state index in [-0.39, 0.29) is 0 Å². The van der Waals surface area contributed by atoms with Gasteiger partial charge in [0.1, 0.15) is 5.58 Å². The van der Waals surface area contributed by atoms with Gasteiger partial charge in [-0.2, -0.15) is 0 Å². The lowest BCUT2D eigenvalue weighted by molar-refractivity contribution is 0.669. The third-order valence-electron chi connectivity index (χ3n) is 2.93. The molecule has 0 saturated heterocycles. The minimum atomic E-state index is 0.513. The highest BCUT2D eigenvalue weighted by molar-refractivity contribution is 7.23. The predicted molar refractivity (Wildman–Crippen MR) is 76.9 cm³/mol. The molecule has 0 aliphatic heterocycles. The molecule has 0 atom stereocenters. The zero-order valence-electron chi connectivity index (χ0n) is 8.91. The van der Waals surface area contributed by atoms with Crippen molar-refractivity contribution in [3.05, 3.63) is 39.8 Å². The van der Waals surface area contributed by atoms with Gasteiger partial charge in [0.05, 0.1) is 15.2 Å². The van der Waals surface area contributed by atoms with E-state index in [0.29, 0.717) is 15.1 Å². The summed E-state index contributed by atoms with van der Waals surface area (Å²) < 4.78 is 7.34. The Morgan fingerprint density at radius 3 is 2.89 bits per heavy atom. The molecule has 4 rings (SSSR count). The molecule has 0 aliphatic carbocycles. The zero-order valence-corrected chi connectivity index (χ0v) is 11.2. The molecule has 4 aromatic rings. The molecule has 5 heteroatoms. The smallest absolute Gasteiger partial charge is 0.184 e. The van der Waals surface area contributed by atoms with E-state index >= 15 is 0 Å². The van der Waals surface area contributed by atoms with Crippen LogP contribution in [0, 0.1) is 0 Å². The number of hydrogen-bond donors (Lipinski definition) is 0. The van der Waals surface area contributed by atoms with Gasteiger partial charge in [0.15, 0.2) is 10.0 Å². The second-order valence-electron chi connectivity index (χ2n) is 3.98. The molecule has 0 unspecified atom stereocenters. The highest BCUT2D eigenvalue weighted by Gasteiger charge is 2.16. The summed E-state index contributed by atoms with van der Waals surface area (Å²) in [4.78, 5) is 4.27. The lowest BCUT2D eigenvalue weighted by atomic mass is 10.1. The molecule has 0 saturated carbocycles. The molecular formula is C13H5Cl2NOS. The molecule has 0 fully saturated rings. The predicted octanol–water partition coefficient (Wildman–Crippen LogP) is 5.50. The van der Waals surface area contributed by atoms with Gasteiger partial charge in [-0.05, 0) is 12.1 Å². The minimum Gasteiger partial charge on any atom is -0.454 e. The van der Waals surface area contributed by atoms with Crippen molar-refractivity contribution in [1.82, 2.24) is 4.98 Å². The number of para-hydroxylation sites is 1. The van der Waals surface area contributed by atoms with E-state index in [9.17, 15) is 0 Å². The lowest BCUT2D eigenvalue weighted by Gasteiger charge is -1.94. The van der Waals surface area contributed by atoms with Crippen molar-refractivity contribution in [2.45, 2.75) is 0 Å². The molecule has 2 aromatic carbocycles. The van der Waals surface area contributed by atoms with E-state index in [2.05, 4.69) is 4.98 Å². The Morgan fingerprint density at radius 2 is 2.00 bits per heavy atom. The molecule has 2 aromatic heterocycles. The van der Waals surface area contributed by atoms with Crippen molar-refractivity contribution >= 4 is 66.7 Å². The maximum absolute atomic E-state index is 6.24. The summed E-state index contributed by atoms with van der Waals surface area (Å²) in [5.74, 6) is 0. The first-order chi connectivity index (χ1) is 8.74. The Morgan fingerprint density at radius 1 is 1.17 bits per heavy atom. The van der Waals surface area contributed by atoms with Crippen LogP contribution in [0.4, 0.5) is 0 Å². The first-order valence-corrected chi connectivity index (χ1v) is 6.87. The van der Waals surface area contributed by atoms with E-state index in [1.165, 1.54) is 11.3 Å². The normalized spacial score (nSPS) is 11.9. The lowest BCUT2D eigenvalue weighted by Crippen LogP contribution is -1.72. The number of hydrogen-bond acceptors (Lipinski definition) is 3. The van der Waals surface area contributed by atoms with Gasteiger partial charge in [0.2, 0.25) is 0 Å². The standard InChI is InChI=1S/C13H5Cl2NOS/c14-7-5-8-12(18-13(15)16-8)10-6-3-1-2-4-9(6)17-11(7)10/h1-5H. The summed E-state index contributed by atoms with van der Waals surface area (Å²) in [6.45, 7) is 0. The summed E-state index contributed by atoms with van der Waals surface area (Å²) >= 11 is 13.7. The summed E-state index contributed by atoms with van der Waals surface area (Å²) in [7, 11) is 0. The number of nitrogens with zero attached hydrogens (tertiary/aromatic N) is 1. The van der Waals surface area contributed by atoms with Gasteiger partial charge in [-0.25, -0.2) is 4.98 Å². The Kier molecular flexibility index (Phi) is 2.13. The van der Waals surface area contributed by atoms with Gasteiger partial charge in [-0.1, -0.05) is 41.4 Å². The second kappa shape index (κ2) is 3.60. The fourth-order valence-corrected chi connectivity index (χ4v) is 3.59. The van der Waals surface area contributed by atoms with Crippen LogP contribution in [0.5, 0.6) is 0 Å². The first-order valence-electron chi connectivity index (χ1n) is 5.30. The molecule has 0 radical (unpaired) electrons. The van der Waals surface area contributed by atoms with Crippen LogP contribution in [0.3, 0.4) is 0 Å². The first kappa shape index (κ1) is 10.6. The van der Waals surface area contributed by atoms with Gasteiger partial charge in [0.25, 0.3) is 0 Å². The van der Waals surface area contributed by atoms with Crippen LogP contribution in [0.15, 0.2) is 34.7 Å². The molecule has 2 nitrogen and oxygen atoms in total. The summed E-state index contributed by atoms with van der Waals surface area (Å²) in [6.07, 6.45) is 0. The van der Waals surface area contributed by atoms with Crippen LogP contribution < -0.4 is 0 Å². The highest BCUT2D eigenvalue weighted by atomic mass is 35.5. The van der Waals surface area contributed by atoms with Crippen LogP contribution >= 0.6 is 34.5 Å². The third kappa shape index (κ3) is 1.32. The number of rotatable bonds is 0. The number of furan rings is 1. The number of thiazole rings is 1. The summed E-state index contributed by atoms with van der Waals surface area (Å²) in [5.41, 5.74) is 2.34. The van der Waals surface area contributed by atoms with E-state index in [0.717, 1.165) is 26.6 Å². The number of halogens is 2. The summed E-state index contributed by atoms with van der Waals surface area (Å²) in [5, 5.41) is 2.61. The van der Waals surface area contributed by atoms with Gasteiger partial charge in [0, 0.05) is 10.8 Å². The average Bonchev–Trinajstić information content (AvgIpc) is 2.89. The van der Waals surface area contributed by atoms with E-state index in [1.54, 1.807) is 6.07 Å². The molecule has 88 valence electrons. The Bertz CT molecular complexity index is 909. The van der Waals surface area contributed by atoms with Gasteiger partial charge < -0.3 is 4.42 Å². The average molecular weight is 294 g/mol. The van der Waals surface area contributed by atoms with Crippen LogP contribution in [0.1, 0.15) is 0 Å². The van der Waals surface area contributed by atoms with Crippen molar-refractivity contribution in [2.24, 2.45) is 0 Å². The molecule has 0 spiro atoms. The molecule has 0 bridgehead atoms. The van der Waals surface area contributed by atoms with Crippen LogP contribution in [-0.2, 0) is 0 Å². The van der Waals surface area contributed by atoms with Crippen molar-refractivity contribution < 1.29 is 4.42 Å². The highest BCUT2D eigenvalue weighted by Crippen LogP contribution is 2.41. The van der Waals surface area contributed by atoms with Crippen LogP contribution in [0.2, 0.25) is 9.49 Å². The topological polar surface area (TPSA) is 26.0 Å². The van der Waals surface area contributed by atoms with Crippen LogP contribution in [0.25, 0.3) is 32.2 Å². The van der Waals surface area contributed by atoms with E-state index in [4.69, 9.17) is 27.6 Å². The molecule has 18 heavy (non-hydrogen) atoms. The quantitative estimate of drug-likeness (QED) is 0.428. The van der Waals surface area contributed by atoms with Crippen LogP contribution in [-0.4, -0.2) is 4.98 Å². The number of benzene rings is 2. The van der Waals surface area contributed by atoms with Crippen molar-refractivity contribution in [1.29, 1.82) is 0 Å². The van der Waals surface area contributed by atoms with Gasteiger partial charge in [-0.15, -0.1) is 11.3 Å². The maximum Gasteiger partial charge on any atom is 0.184 e. The van der Waals surface area contributed by atoms with Crippen molar-refractivity contribution in [2.75, 3.05) is 0 Å². The Hall–Kier alpha value is -1.29. The number of fused-ring (bicyclic) bond motifs is 5. The van der Waals surface area contributed by atoms with Crippen molar-refractivity contribution in [3.8, 4) is 0 Å². The fraction of sp³-hybridized carbons (Fsp3) is 0. The van der Waals surface area contributed by atoms with E-state index < -0.39 is 0 Å². The molecule has 0 amide bonds. The maximum atomic E-state index is 6.24. The number of aromatic nitrogens is 1. The monoisotopic (exact) mass is 293 g/mol. The Balaban J connectivity index is 2.40.